The van der Waals surface area contributed by atoms with Gasteiger partial charge < -0.3 is 0 Å². The average molecular weight is 297 g/mol. The van der Waals surface area contributed by atoms with Crippen LogP contribution in [-0.2, 0) is 6.04 Å². The van der Waals surface area contributed by atoms with Gasteiger partial charge in [-0.15, -0.1) is 0 Å². The fourth-order valence-electron chi connectivity index (χ4n) is 2.99. The summed E-state index contributed by atoms with van der Waals surface area (Å²) in [6.07, 6.45) is 8.75. The summed E-state index contributed by atoms with van der Waals surface area (Å²) in [6.45, 7) is 9.16. The van der Waals surface area contributed by atoms with Gasteiger partial charge in [0.15, 0.2) is 6.21 Å². The first kappa shape index (κ1) is 15.8. The summed E-state index contributed by atoms with van der Waals surface area (Å²) in [5.74, 6) is 0. The SMILES string of the molecule is CC[Si](CC)(CC)Cc1cccnc1C1=C(C)C=C[C+]=N1. The Bertz CT molecular complexity index is 572. The van der Waals surface area contributed by atoms with Gasteiger partial charge >= 0.3 is 0 Å². The van der Waals surface area contributed by atoms with Crippen LogP contribution in [0.1, 0.15) is 39.0 Å². The van der Waals surface area contributed by atoms with Gasteiger partial charge in [0.05, 0.1) is 19.7 Å². The molecule has 2 nitrogen and oxygen atoms in total. The minimum Gasteiger partial charge on any atom is -0.240 e. The third-order valence-corrected chi connectivity index (χ3v) is 10.5. The number of pyridine rings is 1. The van der Waals surface area contributed by atoms with Crippen molar-refractivity contribution < 1.29 is 0 Å². The zero-order valence-electron chi connectivity index (χ0n) is 13.6. The Morgan fingerprint density at radius 3 is 2.48 bits per heavy atom. The Kier molecular flexibility index (Phi) is 5.21. The van der Waals surface area contributed by atoms with Crippen molar-refractivity contribution in [3.8, 4) is 0 Å². The van der Waals surface area contributed by atoms with Crippen LogP contribution in [0, 0.1) is 0 Å². The van der Waals surface area contributed by atoms with Gasteiger partial charge in [0, 0.05) is 6.20 Å². The molecule has 0 atom stereocenters. The van der Waals surface area contributed by atoms with Crippen LogP contribution in [0.15, 0.2) is 41.0 Å². The van der Waals surface area contributed by atoms with E-state index in [0.717, 1.165) is 11.4 Å². The molecule has 1 aliphatic heterocycles. The fraction of sp³-hybridized carbons (Fsp3) is 0.444. The van der Waals surface area contributed by atoms with Crippen molar-refractivity contribution in [3.63, 3.8) is 0 Å². The maximum atomic E-state index is 4.64. The first-order chi connectivity index (χ1) is 10.2. The molecule has 0 fully saturated rings. The Hall–Kier alpha value is -1.57. The molecule has 0 radical (unpaired) electrons. The van der Waals surface area contributed by atoms with Gasteiger partial charge in [0.2, 0.25) is 5.70 Å². The second-order valence-electron chi connectivity index (χ2n) is 5.85. The third kappa shape index (κ3) is 3.37. The molecular weight excluding hydrogens is 272 g/mol. The van der Waals surface area contributed by atoms with E-state index in [2.05, 4.69) is 62.1 Å². The van der Waals surface area contributed by atoms with E-state index < -0.39 is 8.07 Å². The molecule has 0 aliphatic carbocycles. The number of rotatable bonds is 6. The molecule has 21 heavy (non-hydrogen) atoms. The summed E-state index contributed by atoms with van der Waals surface area (Å²) >= 11 is 0. The highest BCUT2D eigenvalue weighted by Crippen LogP contribution is 2.30. The van der Waals surface area contributed by atoms with E-state index in [9.17, 15) is 0 Å². The minimum atomic E-state index is -1.22. The average Bonchev–Trinajstić information content (AvgIpc) is 2.54. The van der Waals surface area contributed by atoms with Crippen LogP contribution < -0.4 is 0 Å². The van der Waals surface area contributed by atoms with Crippen LogP contribution in [-0.4, -0.2) is 19.3 Å². The number of hydrogen-bond acceptors (Lipinski definition) is 2. The largest absolute Gasteiger partial charge is 0.240 e. The van der Waals surface area contributed by atoms with E-state index in [1.165, 1.54) is 35.3 Å². The third-order valence-electron chi connectivity index (χ3n) is 4.89. The van der Waals surface area contributed by atoms with E-state index in [-0.39, 0.29) is 0 Å². The molecule has 0 amide bonds. The molecular formula is C18H25N2Si+. The van der Waals surface area contributed by atoms with Crippen LogP contribution in [0.3, 0.4) is 0 Å². The van der Waals surface area contributed by atoms with Crippen LogP contribution in [0.5, 0.6) is 0 Å². The monoisotopic (exact) mass is 297 g/mol. The molecule has 0 unspecified atom stereocenters. The Morgan fingerprint density at radius 2 is 1.86 bits per heavy atom. The lowest BCUT2D eigenvalue weighted by Gasteiger charge is -2.28. The molecule has 1 aromatic rings. The van der Waals surface area contributed by atoms with Crippen molar-refractivity contribution in [1.29, 1.82) is 0 Å². The quantitative estimate of drug-likeness (QED) is 0.540. The topological polar surface area (TPSA) is 25.2 Å². The summed E-state index contributed by atoms with van der Waals surface area (Å²) in [6, 6.07) is 9.50. The standard InChI is InChI=1S/C18H25N2Si/c1-5-21(6-2,7-3)14-16-11-9-13-20-18(16)17-15(4)10-8-12-19-17/h8-11,13H,5-7,14H2,1-4H3/q+1. The van der Waals surface area contributed by atoms with Crippen molar-refractivity contribution in [2.45, 2.75) is 51.9 Å². The van der Waals surface area contributed by atoms with Gasteiger partial charge in [-0.1, -0.05) is 50.0 Å². The molecule has 110 valence electrons. The molecule has 0 spiro atoms. The smallest absolute Gasteiger partial charge is 0.209 e. The molecule has 2 heterocycles. The van der Waals surface area contributed by atoms with Gasteiger partial charge in [-0.05, 0) is 24.6 Å². The number of hydrogen-bond donors (Lipinski definition) is 0. The van der Waals surface area contributed by atoms with Crippen molar-refractivity contribution in [2.24, 2.45) is 4.99 Å². The highest BCUT2D eigenvalue weighted by molar-refractivity contribution is 6.79. The van der Waals surface area contributed by atoms with Crippen molar-refractivity contribution in [2.75, 3.05) is 0 Å². The Balaban J connectivity index is 2.43. The second-order valence-corrected chi connectivity index (χ2v) is 11.3. The van der Waals surface area contributed by atoms with Crippen molar-refractivity contribution in [1.82, 2.24) is 4.98 Å². The van der Waals surface area contributed by atoms with Crippen LogP contribution in [0.25, 0.3) is 5.70 Å². The van der Waals surface area contributed by atoms with Gasteiger partial charge in [0.1, 0.15) is 11.8 Å². The molecule has 0 saturated carbocycles. The Labute approximate surface area is 129 Å². The number of nitrogens with zero attached hydrogens (tertiary/aromatic N) is 2. The lowest BCUT2D eigenvalue weighted by atomic mass is 10.1. The van der Waals surface area contributed by atoms with E-state index in [1.54, 1.807) is 0 Å². The fourth-order valence-corrected chi connectivity index (χ4v) is 6.34. The second kappa shape index (κ2) is 6.93. The molecule has 0 aromatic carbocycles. The molecule has 1 aliphatic rings. The predicted octanol–water partition coefficient (Wildman–Crippen LogP) is 4.92. The number of aromatic nitrogens is 1. The summed E-state index contributed by atoms with van der Waals surface area (Å²) in [5.41, 5.74) is 4.58. The normalized spacial score (nSPS) is 14.5. The highest BCUT2D eigenvalue weighted by atomic mass is 28.3. The summed E-state index contributed by atoms with van der Waals surface area (Å²) in [4.78, 5) is 9.08. The van der Waals surface area contributed by atoms with E-state index in [4.69, 9.17) is 0 Å². The molecule has 0 bridgehead atoms. The molecule has 1 aromatic heterocycles. The summed E-state index contributed by atoms with van der Waals surface area (Å²) in [5, 5.41) is 0. The maximum absolute atomic E-state index is 4.64. The Morgan fingerprint density at radius 1 is 1.14 bits per heavy atom. The van der Waals surface area contributed by atoms with Gasteiger partial charge in [-0.3, -0.25) is 0 Å². The van der Waals surface area contributed by atoms with E-state index >= 15 is 0 Å². The zero-order valence-corrected chi connectivity index (χ0v) is 14.6. The van der Waals surface area contributed by atoms with Gasteiger partial charge in [0.25, 0.3) is 0 Å². The van der Waals surface area contributed by atoms with Crippen molar-refractivity contribution in [3.05, 3.63) is 47.3 Å². The van der Waals surface area contributed by atoms with E-state index in [0.29, 0.717) is 0 Å². The molecule has 0 N–H and O–H groups in total. The summed E-state index contributed by atoms with van der Waals surface area (Å²) in [7, 11) is -1.22. The van der Waals surface area contributed by atoms with Crippen LogP contribution in [0.2, 0.25) is 18.1 Å². The van der Waals surface area contributed by atoms with Crippen molar-refractivity contribution >= 4 is 20.0 Å². The molecule has 0 saturated heterocycles. The lowest BCUT2D eigenvalue weighted by molar-refractivity contribution is 1.07. The minimum absolute atomic E-state index is 0.985. The first-order valence-corrected chi connectivity index (χ1v) is 10.8. The highest BCUT2D eigenvalue weighted by Gasteiger charge is 2.30. The molecule has 2 rings (SSSR count). The van der Waals surface area contributed by atoms with E-state index in [1.807, 2.05) is 12.3 Å². The van der Waals surface area contributed by atoms with Crippen LogP contribution >= 0.6 is 0 Å². The van der Waals surface area contributed by atoms with Crippen LogP contribution in [0.4, 0.5) is 0 Å². The zero-order chi connectivity index (χ0) is 15.3. The van der Waals surface area contributed by atoms with Gasteiger partial charge in [-0.2, -0.15) is 0 Å². The van der Waals surface area contributed by atoms with Gasteiger partial charge in [-0.25, -0.2) is 4.98 Å². The summed E-state index contributed by atoms with van der Waals surface area (Å²) < 4.78 is 0. The molecule has 3 heteroatoms. The predicted molar refractivity (Wildman–Crippen MR) is 94.3 cm³/mol. The maximum Gasteiger partial charge on any atom is 0.209 e. The number of aliphatic imine (C=N–C) groups is 1. The lowest BCUT2D eigenvalue weighted by Crippen LogP contribution is -2.35. The number of allylic oxidation sites excluding steroid dienone is 3. The first-order valence-electron chi connectivity index (χ1n) is 7.93.